The summed E-state index contributed by atoms with van der Waals surface area (Å²) in [6, 6.07) is 18.9. The molecule has 3 aromatic carbocycles. The Morgan fingerprint density at radius 2 is 1.60 bits per heavy atom. The minimum absolute atomic E-state index is 0.278. The van der Waals surface area contributed by atoms with Crippen molar-refractivity contribution in [3.05, 3.63) is 97.9 Å². The Morgan fingerprint density at radius 3 is 2.27 bits per heavy atom. The third-order valence-electron chi connectivity index (χ3n) is 4.18. The molecule has 0 aromatic heterocycles. The van der Waals surface area contributed by atoms with E-state index in [1.165, 1.54) is 6.07 Å². The second kappa shape index (κ2) is 9.89. The van der Waals surface area contributed by atoms with E-state index in [0.29, 0.717) is 32.0 Å². The van der Waals surface area contributed by atoms with Crippen molar-refractivity contribution in [3.8, 4) is 0 Å². The zero-order valence-electron chi connectivity index (χ0n) is 15.7. The number of anilines is 1. The highest BCUT2D eigenvalue weighted by Crippen LogP contribution is 2.22. The number of carbonyl (C=O) groups excluding carboxylic acids is 2. The van der Waals surface area contributed by atoms with Gasteiger partial charge in [-0.15, -0.1) is 0 Å². The predicted octanol–water partition coefficient (Wildman–Crippen LogP) is 6.16. The van der Waals surface area contributed by atoms with Gasteiger partial charge < -0.3 is 5.32 Å². The predicted molar refractivity (Wildman–Crippen MR) is 125 cm³/mol. The molecule has 0 saturated heterocycles. The molecule has 0 saturated carbocycles. The van der Waals surface area contributed by atoms with Crippen LogP contribution in [0.25, 0.3) is 0 Å². The lowest BCUT2D eigenvalue weighted by atomic mass is 10.1. The molecule has 0 atom stereocenters. The molecule has 0 heterocycles. The molecule has 8 heteroatoms. The molecule has 0 unspecified atom stereocenters. The first-order chi connectivity index (χ1) is 14.3. The first kappa shape index (κ1) is 22.0. The normalized spacial score (nSPS) is 11.1. The number of halogens is 3. The van der Waals surface area contributed by atoms with Crippen molar-refractivity contribution < 1.29 is 9.59 Å². The smallest absolute Gasteiger partial charge is 0.272 e. The van der Waals surface area contributed by atoms with Gasteiger partial charge in [0.1, 0.15) is 0 Å². The van der Waals surface area contributed by atoms with Gasteiger partial charge in [-0.1, -0.05) is 47.5 Å². The van der Waals surface area contributed by atoms with Crippen molar-refractivity contribution in [1.82, 2.24) is 5.43 Å². The van der Waals surface area contributed by atoms with Gasteiger partial charge in [-0.3, -0.25) is 9.59 Å². The highest BCUT2D eigenvalue weighted by molar-refractivity contribution is 9.10. The van der Waals surface area contributed by atoms with Crippen LogP contribution in [0, 0.1) is 0 Å². The van der Waals surface area contributed by atoms with Gasteiger partial charge in [-0.25, -0.2) is 5.43 Å². The maximum atomic E-state index is 12.4. The summed E-state index contributed by atoms with van der Waals surface area (Å²) in [6.07, 6.45) is 0. The maximum Gasteiger partial charge on any atom is 0.272 e. The Morgan fingerprint density at radius 1 is 0.900 bits per heavy atom. The summed E-state index contributed by atoms with van der Waals surface area (Å²) in [5, 5.41) is 7.67. The third-order valence-corrected chi connectivity index (χ3v) is 5.42. The molecule has 0 radical (unpaired) electrons. The van der Waals surface area contributed by atoms with Crippen LogP contribution in [0.5, 0.6) is 0 Å². The molecule has 0 fully saturated rings. The highest BCUT2D eigenvalue weighted by Gasteiger charge is 2.12. The van der Waals surface area contributed by atoms with E-state index in [-0.39, 0.29) is 16.8 Å². The van der Waals surface area contributed by atoms with Crippen molar-refractivity contribution in [2.45, 2.75) is 6.92 Å². The van der Waals surface area contributed by atoms with E-state index in [1.54, 1.807) is 61.5 Å². The number of amides is 2. The Labute approximate surface area is 192 Å². The summed E-state index contributed by atoms with van der Waals surface area (Å²) in [5.74, 6) is -0.652. The fraction of sp³-hybridized carbons (Fsp3) is 0.0455. The second-order valence-electron chi connectivity index (χ2n) is 6.27. The maximum absolute atomic E-state index is 12.4. The summed E-state index contributed by atoms with van der Waals surface area (Å²) in [7, 11) is 0. The molecule has 0 spiro atoms. The van der Waals surface area contributed by atoms with E-state index in [9.17, 15) is 9.59 Å². The molecule has 0 aliphatic rings. The topological polar surface area (TPSA) is 70.6 Å². The van der Waals surface area contributed by atoms with Crippen molar-refractivity contribution in [1.29, 1.82) is 0 Å². The summed E-state index contributed by atoms with van der Waals surface area (Å²) < 4.78 is 0.691. The Balaban J connectivity index is 1.66. The van der Waals surface area contributed by atoms with Gasteiger partial charge in [-0.2, -0.15) is 5.10 Å². The average Bonchev–Trinajstić information content (AvgIpc) is 2.72. The summed E-state index contributed by atoms with van der Waals surface area (Å²) in [4.78, 5) is 24.6. The fourth-order valence-electron chi connectivity index (χ4n) is 2.57. The van der Waals surface area contributed by atoms with Crippen molar-refractivity contribution in [2.75, 3.05) is 5.32 Å². The van der Waals surface area contributed by atoms with E-state index in [4.69, 9.17) is 23.2 Å². The van der Waals surface area contributed by atoms with Crippen LogP contribution >= 0.6 is 39.1 Å². The first-order valence-electron chi connectivity index (χ1n) is 8.81. The van der Waals surface area contributed by atoms with Gasteiger partial charge in [0.25, 0.3) is 11.8 Å². The summed E-state index contributed by atoms with van der Waals surface area (Å²) in [6.45, 7) is 1.78. The molecule has 2 amide bonds. The molecule has 2 N–H and O–H groups in total. The van der Waals surface area contributed by atoms with Crippen LogP contribution in [0.2, 0.25) is 10.0 Å². The number of carbonyl (C=O) groups is 2. The SMILES string of the molecule is C/C(=N\NC(=O)c1ccccc1Br)c1ccc(NC(=O)c2ccc(Cl)cc2Cl)cc1. The summed E-state index contributed by atoms with van der Waals surface area (Å²) >= 11 is 15.3. The number of nitrogens with one attached hydrogen (secondary N) is 2. The van der Waals surface area contributed by atoms with Crippen LogP contribution < -0.4 is 10.7 Å². The van der Waals surface area contributed by atoms with Crippen LogP contribution in [0.1, 0.15) is 33.2 Å². The van der Waals surface area contributed by atoms with Crippen LogP contribution in [0.3, 0.4) is 0 Å². The van der Waals surface area contributed by atoms with E-state index < -0.39 is 0 Å². The van der Waals surface area contributed by atoms with E-state index >= 15 is 0 Å². The van der Waals surface area contributed by atoms with Gasteiger partial charge in [-0.05, 0) is 70.9 Å². The third kappa shape index (κ3) is 5.48. The van der Waals surface area contributed by atoms with Gasteiger partial charge in [0.15, 0.2) is 0 Å². The minimum atomic E-state index is -0.337. The molecule has 3 aromatic rings. The molecule has 3 rings (SSSR count). The molecule has 152 valence electrons. The van der Waals surface area contributed by atoms with Crippen molar-refractivity contribution >= 4 is 62.3 Å². The van der Waals surface area contributed by atoms with E-state index in [0.717, 1.165) is 5.56 Å². The Kier molecular flexibility index (Phi) is 7.26. The fourth-order valence-corrected chi connectivity index (χ4v) is 3.53. The van der Waals surface area contributed by atoms with Gasteiger partial charge in [0.05, 0.1) is 21.9 Å². The lowest BCUT2D eigenvalue weighted by Gasteiger charge is -2.08. The van der Waals surface area contributed by atoms with E-state index in [2.05, 4.69) is 31.8 Å². The molecule has 0 aliphatic heterocycles. The van der Waals surface area contributed by atoms with Crippen LogP contribution in [-0.4, -0.2) is 17.5 Å². The number of hydrogen-bond acceptors (Lipinski definition) is 3. The van der Waals surface area contributed by atoms with Gasteiger partial charge in [0, 0.05) is 15.2 Å². The van der Waals surface area contributed by atoms with Gasteiger partial charge in [0.2, 0.25) is 0 Å². The number of hydrazone groups is 1. The van der Waals surface area contributed by atoms with Gasteiger partial charge >= 0.3 is 0 Å². The lowest BCUT2D eigenvalue weighted by Crippen LogP contribution is -2.19. The van der Waals surface area contributed by atoms with Crippen molar-refractivity contribution in [3.63, 3.8) is 0 Å². The molecule has 30 heavy (non-hydrogen) atoms. The molecular weight excluding hydrogens is 489 g/mol. The number of nitrogens with zero attached hydrogens (tertiary/aromatic N) is 1. The average molecular weight is 505 g/mol. The van der Waals surface area contributed by atoms with E-state index in [1.807, 2.05) is 6.07 Å². The van der Waals surface area contributed by atoms with Crippen LogP contribution in [-0.2, 0) is 0 Å². The molecule has 5 nitrogen and oxygen atoms in total. The first-order valence-corrected chi connectivity index (χ1v) is 10.4. The monoisotopic (exact) mass is 503 g/mol. The Hall–Kier alpha value is -2.67. The minimum Gasteiger partial charge on any atom is -0.322 e. The standard InChI is InChI=1S/C22H16BrCl2N3O2/c1-13(27-28-22(30)17-4-2-3-5-19(17)23)14-6-9-16(10-7-14)26-21(29)18-11-8-15(24)12-20(18)25/h2-12H,1H3,(H,26,29)(H,28,30)/b27-13+. The lowest BCUT2D eigenvalue weighted by molar-refractivity contribution is 0.0953. The van der Waals surface area contributed by atoms with Crippen LogP contribution in [0.15, 0.2) is 76.3 Å². The molecule has 0 aliphatic carbocycles. The number of hydrogen-bond donors (Lipinski definition) is 2. The zero-order valence-corrected chi connectivity index (χ0v) is 18.8. The number of benzene rings is 3. The quantitative estimate of drug-likeness (QED) is 0.322. The molecule has 0 bridgehead atoms. The van der Waals surface area contributed by atoms with Crippen molar-refractivity contribution in [2.24, 2.45) is 5.10 Å². The van der Waals surface area contributed by atoms with Crippen LogP contribution in [0.4, 0.5) is 5.69 Å². The second-order valence-corrected chi connectivity index (χ2v) is 7.97. The molecular formula is C22H16BrCl2N3O2. The summed E-state index contributed by atoms with van der Waals surface area (Å²) in [5.41, 5.74) is 5.38. The largest absolute Gasteiger partial charge is 0.322 e. The Bertz CT molecular complexity index is 1130. The number of rotatable bonds is 5. The highest BCUT2D eigenvalue weighted by atomic mass is 79.9. The zero-order chi connectivity index (χ0) is 21.7.